The summed E-state index contributed by atoms with van der Waals surface area (Å²) in [6, 6.07) is 8.66. The SMILES string of the molecule is COc1ccc(-c2nonc2NC(=O)/C=C/c2ccco2)cc1OC. The van der Waals surface area contributed by atoms with Crippen LogP contribution in [0.3, 0.4) is 0 Å². The minimum atomic E-state index is -0.395. The zero-order chi connectivity index (χ0) is 17.6. The first-order chi connectivity index (χ1) is 12.2. The second-order valence-electron chi connectivity index (χ2n) is 4.87. The number of hydrogen-bond acceptors (Lipinski definition) is 7. The molecule has 0 fully saturated rings. The summed E-state index contributed by atoms with van der Waals surface area (Å²) < 4.78 is 20.3. The summed E-state index contributed by atoms with van der Waals surface area (Å²) in [6.45, 7) is 0. The molecule has 0 radical (unpaired) electrons. The zero-order valence-electron chi connectivity index (χ0n) is 13.6. The van der Waals surface area contributed by atoms with Crippen LogP contribution in [0.5, 0.6) is 11.5 Å². The monoisotopic (exact) mass is 341 g/mol. The van der Waals surface area contributed by atoms with Crippen molar-refractivity contribution < 1.29 is 23.3 Å². The van der Waals surface area contributed by atoms with E-state index < -0.39 is 5.91 Å². The Kier molecular flexibility index (Phi) is 4.79. The van der Waals surface area contributed by atoms with Gasteiger partial charge in [0.05, 0.1) is 20.5 Å². The molecule has 0 aliphatic heterocycles. The van der Waals surface area contributed by atoms with Crippen LogP contribution in [0.1, 0.15) is 5.76 Å². The molecule has 1 N–H and O–H groups in total. The van der Waals surface area contributed by atoms with E-state index in [9.17, 15) is 4.79 Å². The second-order valence-corrected chi connectivity index (χ2v) is 4.87. The Bertz CT molecular complexity index is 884. The van der Waals surface area contributed by atoms with Crippen LogP contribution in [-0.2, 0) is 4.79 Å². The summed E-state index contributed by atoms with van der Waals surface area (Å²) in [5.74, 6) is 1.47. The predicted octanol–water partition coefficient (Wildman–Crippen LogP) is 3.00. The highest BCUT2D eigenvalue weighted by Crippen LogP contribution is 2.33. The molecule has 0 atom stereocenters. The Morgan fingerprint density at radius 1 is 1.16 bits per heavy atom. The van der Waals surface area contributed by atoms with Crippen LogP contribution in [0.25, 0.3) is 17.3 Å². The molecule has 1 amide bonds. The molecule has 128 valence electrons. The van der Waals surface area contributed by atoms with Gasteiger partial charge in [-0.1, -0.05) is 0 Å². The van der Waals surface area contributed by atoms with Crippen molar-refractivity contribution in [3.8, 4) is 22.8 Å². The number of nitrogens with zero attached hydrogens (tertiary/aromatic N) is 2. The first-order valence-corrected chi connectivity index (χ1v) is 7.29. The number of aromatic nitrogens is 2. The fourth-order valence-electron chi connectivity index (χ4n) is 2.15. The third-order valence-corrected chi connectivity index (χ3v) is 3.33. The van der Waals surface area contributed by atoms with Gasteiger partial charge >= 0.3 is 0 Å². The molecule has 0 spiro atoms. The fourth-order valence-corrected chi connectivity index (χ4v) is 2.15. The Morgan fingerprint density at radius 3 is 2.72 bits per heavy atom. The number of nitrogens with one attached hydrogen (secondary N) is 1. The smallest absolute Gasteiger partial charge is 0.249 e. The largest absolute Gasteiger partial charge is 0.493 e. The van der Waals surface area contributed by atoms with Gasteiger partial charge in [-0.05, 0) is 46.7 Å². The highest BCUT2D eigenvalue weighted by Gasteiger charge is 2.16. The van der Waals surface area contributed by atoms with Gasteiger partial charge in [0.15, 0.2) is 17.2 Å². The maximum atomic E-state index is 12.0. The molecule has 25 heavy (non-hydrogen) atoms. The summed E-state index contributed by atoms with van der Waals surface area (Å²) >= 11 is 0. The highest BCUT2D eigenvalue weighted by atomic mass is 16.6. The topological polar surface area (TPSA) is 99.6 Å². The number of furan rings is 1. The van der Waals surface area contributed by atoms with Crippen LogP contribution in [-0.4, -0.2) is 30.4 Å². The van der Waals surface area contributed by atoms with Crippen LogP contribution in [0.4, 0.5) is 5.82 Å². The third-order valence-electron chi connectivity index (χ3n) is 3.33. The van der Waals surface area contributed by atoms with Crippen LogP contribution < -0.4 is 14.8 Å². The molecule has 0 unspecified atom stereocenters. The van der Waals surface area contributed by atoms with E-state index in [1.54, 1.807) is 43.5 Å². The van der Waals surface area contributed by atoms with E-state index >= 15 is 0 Å². The van der Waals surface area contributed by atoms with Gasteiger partial charge in [0.1, 0.15) is 5.76 Å². The lowest BCUT2D eigenvalue weighted by Gasteiger charge is -2.08. The third kappa shape index (κ3) is 3.69. The van der Waals surface area contributed by atoms with Gasteiger partial charge in [0, 0.05) is 11.6 Å². The van der Waals surface area contributed by atoms with Crippen molar-refractivity contribution in [1.82, 2.24) is 10.3 Å². The summed E-state index contributed by atoms with van der Waals surface area (Å²) in [7, 11) is 3.08. The maximum absolute atomic E-state index is 12.0. The molecule has 1 aromatic carbocycles. The van der Waals surface area contributed by atoms with Gasteiger partial charge in [-0.15, -0.1) is 0 Å². The van der Waals surface area contributed by atoms with Gasteiger partial charge in [-0.25, -0.2) is 4.63 Å². The number of ether oxygens (including phenoxy) is 2. The van der Waals surface area contributed by atoms with E-state index in [0.717, 1.165) is 0 Å². The van der Waals surface area contributed by atoms with E-state index in [-0.39, 0.29) is 5.82 Å². The van der Waals surface area contributed by atoms with Crippen LogP contribution in [0.2, 0.25) is 0 Å². The molecule has 3 aromatic rings. The first-order valence-electron chi connectivity index (χ1n) is 7.29. The predicted molar refractivity (Wildman–Crippen MR) is 89.2 cm³/mol. The Balaban J connectivity index is 1.80. The van der Waals surface area contributed by atoms with Gasteiger partial charge in [0.25, 0.3) is 0 Å². The van der Waals surface area contributed by atoms with E-state index in [0.29, 0.717) is 28.5 Å². The molecular weight excluding hydrogens is 326 g/mol. The quantitative estimate of drug-likeness (QED) is 0.688. The van der Waals surface area contributed by atoms with Crippen LogP contribution in [0.15, 0.2) is 51.7 Å². The molecule has 3 rings (SSSR count). The van der Waals surface area contributed by atoms with Crippen molar-refractivity contribution in [3.05, 3.63) is 48.4 Å². The number of rotatable bonds is 6. The number of hydrogen-bond donors (Lipinski definition) is 1. The van der Waals surface area contributed by atoms with Crippen molar-refractivity contribution in [2.24, 2.45) is 0 Å². The Morgan fingerprint density at radius 2 is 2.00 bits per heavy atom. The summed E-state index contributed by atoms with van der Waals surface area (Å²) in [5, 5.41) is 10.2. The number of benzene rings is 1. The number of carbonyl (C=O) groups excluding carboxylic acids is 1. The van der Waals surface area contributed by atoms with E-state index in [1.807, 2.05) is 0 Å². The number of carbonyl (C=O) groups is 1. The summed E-state index contributed by atoms with van der Waals surface area (Å²) in [4.78, 5) is 12.0. The Labute approximate surface area is 143 Å². The molecular formula is C17H15N3O5. The van der Waals surface area contributed by atoms with Gasteiger partial charge < -0.3 is 19.2 Å². The van der Waals surface area contributed by atoms with Crippen LogP contribution >= 0.6 is 0 Å². The average Bonchev–Trinajstić information content (AvgIpc) is 3.31. The van der Waals surface area contributed by atoms with Gasteiger partial charge in [-0.3, -0.25) is 4.79 Å². The average molecular weight is 341 g/mol. The van der Waals surface area contributed by atoms with E-state index in [1.165, 1.54) is 19.4 Å². The highest BCUT2D eigenvalue weighted by molar-refractivity contribution is 6.02. The minimum absolute atomic E-state index is 0.196. The summed E-state index contributed by atoms with van der Waals surface area (Å²) in [6.07, 6.45) is 4.39. The lowest BCUT2D eigenvalue weighted by Crippen LogP contribution is -2.09. The molecule has 0 saturated carbocycles. The van der Waals surface area contributed by atoms with Crippen molar-refractivity contribution in [1.29, 1.82) is 0 Å². The minimum Gasteiger partial charge on any atom is -0.493 e. The number of anilines is 1. The van der Waals surface area contributed by atoms with Crippen molar-refractivity contribution >= 4 is 17.8 Å². The lowest BCUT2D eigenvalue weighted by molar-refractivity contribution is -0.111. The molecule has 0 aliphatic rings. The Hall–Kier alpha value is -3.55. The zero-order valence-corrected chi connectivity index (χ0v) is 13.6. The molecule has 2 aromatic heterocycles. The first kappa shape index (κ1) is 16.3. The number of methoxy groups -OCH3 is 2. The number of amides is 1. The standard InChI is InChI=1S/C17H15N3O5/c1-22-13-7-5-11(10-14(13)23-2)16-17(20-25-19-16)18-15(21)8-6-12-4-3-9-24-12/h3-10H,1-2H3,(H,18,20,21)/b8-6+. The second kappa shape index (κ2) is 7.35. The molecule has 8 nitrogen and oxygen atoms in total. The summed E-state index contributed by atoms with van der Waals surface area (Å²) in [5.41, 5.74) is 1.03. The van der Waals surface area contributed by atoms with Gasteiger partial charge in [0.2, 0.25) is 11.7 Å². The molecule has 0 saturated heterocycles. The molecule has 2 heterocycles. The maximum Gasteiger partial charge on any atom is 0.249 e. The molecule has 8 heteroatoms. The van der Waals surface area contributed by atoms with Crippen molar-refractivity contribution in [2.75, 3.05) is 19.5 Å². The van der Waals surface area contributed by atoms with E-state index in [4.69, 9.17) is 18.5 Å². The lowest BCUT2D eigenvalue weighted by atomic mass is 10.1. The molecule has 0 aliphatic carbocycles. The van der Waals surface area contributed by atoms with Crippen LogP contribution in [0, 0.1) is 0 Å². The van der Waals surface area contributed by atoms with Gasteiger partial charge in [-0.2, -0.15) is 0 Å². The molecule has 0 bridgehead atoms. The fraction of sp³-hybridized carbons (Fsp3) is 0.118. The normalized spacial score (nSPS) is 10.8. The van der Waals surface area contributed by atoms with Crippen molar-refractivity contribution in [2.45, 2.75) is 0 Å². The van der Waals surface area contributed by atoms with Crippen molar-refractivity contribution in [3.63, 3.8) is 0 Å². The van der Waals surface area contributed by atoms with E-state index in [2.05, 4.69) is 15.6 Å².